The number of ether oxygens (including phenoxy) is 2. The van der Waals surface area contributed by atoms with Crippen molar-refractivity contribution < 1.29 is 9.47 Å². The zero-order valence-electron chi connectivity index (χ0n) is 10.3. The molecule has 4 N–H and O–H groups in total. The number of benzene rings is 1. The van der Waals surface area contributed by atoms with Crippen molar-refractivity contribution in [1.29, 1.82) is 0 Å². The Bertz CT molecular complexity index is 334. The zero-order chi connectivity index (χ0) is 12.0. The third-order valence-electron chi connectivity index (χ3n) is 2.56. The average molecular weight is 261 g/mol. The first-order chi connectivity index (χ1) is 7.72. The Labute approximate surface area is 109 Å². The van der Waals surface area contributed by atoms with Crippen LogP contribution in [-0.4, -0.2) is 20.8 Å². The monoisotopic (exact) mass is 260 g/mol. The predicted molar refractivity (Wildman–Crippen MR) is 72.0 cm³/mol. The summed E-state index contributed by atoms with van der Waals surface area (Å²) < 4.78 is 10.4. The van der Waals surface area contributed by atoms with E-state index >= 15 is 0 Å². The van der Waals surface area contributed by atoms with Gasteiger partial charge in [-0.25, -0.2) is 0 Å². The molecule has 1 atom stereocenters. The molecule has 0 saturated heterocycles. The summed E-state index contributed by atoms with van der Waals surface area (Å²) in [5.74, 6) is 1.43. The van der Waals surface area contributed by atoms with Crippen molar-refractivity contribution in [2.24, 2.45) is 11.5 Å². The molecular formula is C12H21ClN2O2. The molecule has 0 amide bonds. The summed E-state index contributed by atoms with van der Waals surface area (Å²) in [5.41, 5.74) is 12.5. The first-order valence-corrected chi connectivity index (χ1v) is 5.40. The standard InChI is InChI=1S/C12H20N2O2.ClH/c1-15-11-6-5-9(8-12(11)16-2)10(14)4-3-7-13;/h5-6,8,10H,3-4,7,13-14H2,1-2H3;1H/t10-;/m0./s1. The summed E-state index contributed by atoms with van der Waals surface area (Å²) in [7, 11) is 3.24. The van der Waals surface area contributed by atoms with Gasteiger partial charge in [0.25, 0.3) is 0 Å². The average Bonchev–Trinajstić information content (AvgIpc) is 2.34. The van der Waals surface area contributed by atoms with E-state index in [-0.39, 0.29) is 18.4 Å². The van der Waals surface area contributed by atoms with Crippen molar-refractivity contribution in [3.63, 3.8) is 0 Å². The van der Waals surface area contributed by atoms with Gasteiger partial charge in [-0.05, 0) is 37.1 Å². The number of halogens is 1. The predicted octanol–water partition coefficient (Wildman–Crippen LogP) is 1.86. The molecule has 0 aromatic heterocycles. The van der Waals surface area contributed by atoms with Crippen molar-refractivity contribution in [3.05, 3.63) is 23.8 Å². The zero-order valence-corrected chi connectivity index (χ0v) is 11.1. The van der Waals surface area contributed by atoms with E-state index in [2.05, 4.69) is 0 Å². The minimum Gasteiger partial charge on any atom is -0.493 e. The molecule has 4 nitrogen and oxygen atoms in total. The molecule has 0 fully saturated rings. The molecule has 0 aliphatic heterocycles. The van der Waals surface area contributed by atoms with Gasteiger partial charge in [-0.2, -0.15) is 0 Å². The maximum absolute atomic E-state index is 6.04. The summed E-state index contributed by atoms with van der Waals surface area (Å²) >= 11 is 0. The van der Waals surface area contributed by atoms with Crippen molar-refractivity contribution in [2.45, 2.75) is 18.9 Å². The van der Waals surface area contributed by atoms with Crippen LogP contribution in [0.15, 0.2) is 18.2 Å². The molecule has 0 saturated carbocycles. The smallest absolute Gasteiger partial charge is 0.161 e. The minimum atomic E-state index is 0. The minimum absolute atomic E-state index is 0. The van der Waals surface area contributed by atoms with Gasteiger partial charge in [0, 0.05) is 6.04 Å². The van der Waals surface area contributed by atoms with E-state index < -0.39 is 0 Å². The molecule has 0 bridgehead atoms. The highest BCUT2D eigenvalue weighted by molar-refractivity contribution is 5.85. The second-order valence-electron chi connectivity index (χ2n) is 3.65. The van der Waals surface area contributed by atoms with Gasteiger partial charge >= 0.3 is 0 Å². The Hall–Kier alpha value is -0.970. The lowest BCUT2D eigenvalue weighted by molar-refractivity contribution is 0.354. The fourth-order valence-electron chi connectivity index (χ4n) is 1.59. The van der Waals surface area contributed by atoms with Crippen molar-refractivity contribution in [1.82, 2.24) is 0 Å². The van der Waals surface area contributed by atoms with E-state index in [1.165, 1.54) is 0 Å². The SMILES string of the molecule is COc1ccc([C@@H](N)CCCN)cc1OC.Cl. The number of rotatable bonds is 6. The summed E-state index contributed by atoms with van der Waals surface area (Å²) in [5, 5.41) is 0. The molecule has 1 rings (SSSR count). The van der Waals surface area contributed by atoms with E-state index in [1.54, 1.807) is 14.2 Å². The molecule has 0 unspecified atom stereocenters. The Balaban J connectivity index is 0.00000256. The van der Waals surface area contributed by atoms with Crippen LogP contribution in [0.25, 0.3) is 0 Å². The second kappa shape index (κ2) is 8.17. The summed E-state index contributed by atoms with van der Waals surface area (Å²) in [6, 6.07) is 5.75. The highest BCUT2D eigenvalue weighted by Gasteiger charge is 2.09. The molecule has 17 heavy (non-hydrogen) atoms. The van der Waals surface area contributed by atoms with E-state index in [0.29, 0.717) is 12.3 Å². The van der Waals surface area contributed by atoms with Gasteiger partial charge < -0.3 is 20.9 Å². The van der Waals surface area contributed by atoms with Crippen molar-refractivity contribution in [3.8, 4) is 11.5 Å². The van der Waals surface area contributed by atoms with Crippen LogP contribution in [0.5, 0.6) is 11.5 Å². The Morgan fingerprint density at radius 3 is 2.35 bits per heavy atom. The van der Waals surface area contributed by atoms with Gasteiger partial charge in [0.15, 0.2) is 11.5 Å². The lowest BCUT2D eigenvalue weighted by atomic mass is 10.0. The molecule has 0 spiro atoms. The number of nitrogens with two attached hydrogens (primary N) is 2. The lowest BCUT2D eigenvalue weighted by Gasteiger charge is -2.14. The fraction of sp³-hybridized carbons (Fsp3) is 0.500. The third-order valence-corrected chi connectivity index (χ3v) is 2.56. The van der Waals surface area contributed by atoms with Crippen LogP contribution in [0.2, 0.25) is 0 Å². The second-order valence-corrected chi connectivity index (χ2v) is 3.65. The number of methoxy groups -OCH3 is 2. The van der Waals surface area contributed by atoms with Gasteiger partial charge in [-0.15, -0.1) is 12.4 Å². The van der Waals surface area contributed by atoms with Crippen LogP contribution in [0.4, 0.5) is 0 Å². The molecule has 1 aromatic carbocycles. The molecule has 0 aliphatic rings. The topological polar surface area (TPSA) is 70.5 Å². The molecule has 0 aliphatic carbocycles. The highest BCUT2D eigenvalue weighted by Crippen LogP contribution is 2.30. The van der Waals surface area contributed by atoms with E-state index in [4.69, 9.17) is 20.9 Å². The van der Waals surface area contributed by atoms with Crippen LogP contribution >= 0.6 is 12.4 Å². The van der Waals surface area contributed by atoms with Crippen LogP contribution < -0.4 is 20.9 Å². The van der Waals surface area contributed by atoms with Crippen LogP contribution in [0, 0.1) is 0 Å². The van der Waals surface area contributed by atoms with Crippen molar-refractivity contribution >= 4 is 12.4 Å². The summed E-state index contributed by atoms with van der Waals surface area (Å²) in [6.45, 7) is 0.668. The van der Waals surface area contributed by atoms with Crippen LogP contribution in [0.1, 0.15) is 24.4 Å². The van der Waals surface area contributed by atoms with Crippen LogP contribution in [-0.2, 0) is 0 Å². The quantitative estimate of drug-likeness (QED) is 0.819. The van der Waals surface area contributed by atoms with Crippen LogP contribution in [0.3, 0.4) is 0 Å². The Morgan fingerprint density at radius 2 is 1.82 bits per heavy atom. The molecular weight excluding hydrogens is 240 g/mol. The van der Waals surface area contributed by atoms with Gasteiger partial charge in [-0.1, -0.05) is 6.07 Å². The summed E-state index contributed by atoms with van der Waals surface area (Å²) in [4.78, 5) is 0. The first kappa shape index (κ1) is 16.0. The number of hydrogen-bond donors (Lipinski definition) is 2. The van der Waals surface area contributed by atoms with E-state index in [0.717, 1.165) is 24.2 Å². The highest BCUT2D eigenvalue weighted by atomic mass is 35.5. The maximum Gasteiger partial charge on any atom is 0.161 e. The molecule has 98 valence electrons. The lowest BCUT2D eigenvalue weighted by Crippen LogP contribution is -2.12. The van der Waals surface area contributed by atoms with Gasteiger partial charge in [-0.3, -0.25) is 0 Å². The molecule has 1 aromatic rings. The van der Waals surface area contributed by atoms with E-state index in [1.807, 2.05) is 18.2 Å². The maximum atomic E-state index is 6.04. The molecule has 0 heterocycles. The van der Waals surface area contributed by atoms with Gasteiger partial charge in [0.2, 0.25) is 0 Å². The Morgan fingerprint density at radius 1 is 1.18 bits per heavy atom. The Kier molecular flexibility index (Phi) is 7.70. The fourth-order valence-corrected chi connectivity index (χ4v) is 1.59. The van der Waals surface area contributed by atoms with Gasteiger partial charge in [0.05, 0.1) is 14.2 Å². The normalized spacial score (nSPS) is 11.5. The molecule has 0 radical (unpaired) electrons. The van der Waals surface area contributed by atoms with Crippen molar-refractivity contribution in [2.75, 3.05) is 20.8 Å². The summed E-state index contributed by atoms with van der Waals surface area (Å²) in [6.07, 6.45) is 1.81. The first-order valence-electron chi connectivity index (χ1n) is 5.40. The number of hydrogen-bond acceptors (Lipinski definition) is 4. The third kappa shape index (κ3) is 4.42. The van der Waals surface area contributed by atoms with E-state index in [9.17, 15) is 0 Å². The largest absolute Gasteiger partial charge is 0.493 e. The van der Waals surface area contributed by atoms with Gasteiger partial charge in [0.1, 0.15) is 0 Å². The molecule has 5 heteroatoms.